The zero-order valence-corrected chi connectivity index (χ0v) is 68.6. The van der Waals surface area contributed by atoms with Gasteiger partial charge in [-0.15, -0.1) is 0 Å². The standard InChI is InChI=1S/C20H33N2O4P.C19H31N2O5P.C17H24N3O3P.C13H22NO2P.C6H13NO/c1-15(2)19(16(3)23)21-20(24)26-14-17-9-7-10-18(13-17)22(4)11-8-12-27(5,6)25;1-14(2)17(18(22)23)20-19(24)26-13-15-8-6-9-16(12-15)21(3)10-7-11-27(4,5)25;1-19(9-5-11-24(2,3)22)16-7-4-6-15(12-16)13-23-17(21)20-10-8-18-14-20;1-14(8-5-9-17(2,3)16)13-7-4-6-12(10-13)11-15;1-4(2)6(7)5(3)8/h7,9-10,13,15,19H,8,11-12,14H2,1-6H3,(H,21,24);6,8-9,12,14,17H,7,10-11,13H2,1-5H3,(H,20,24)(H,22,23);4,6-8,10,12,14H,5,9,11,13H2,1-3H3;4,6-7,10,15H,5,8-9,11H2,1-3H3;4,6H,7H2,1-3H3. The van der Waals surface area contributed by atoms with Crippen LogP contribution in [-0.2, 0) is 73.3 Å². The van der Waals surface area contributed by atoms with Crippen molar-refractivity contribution in [3.63, 3.8) is 0 Å². The van der Waals surface area contributed by atoms with Crippen LogP contribution in [0.2, 0.25) is 0 Å². The van der Waals surface area contributed by atoms with Crippen molar-refractivity contribution < 1.29 is 71.5 Å². The number of Topliss-reactive ketones (excluding diaryl/α,β-unsaturated/α-hetero) is 2. The fourth-order valence-electron chi connectivity index (χ4n) is 9.76. The Labute approximate surface area is 614 Å². The first-order chi connectivity index (χ1) is 47.8. The molecule has 1 aromatic heterocycles. The van der Waals surface area contributed by atoms with Gasteiger partial charge in [0.25, 0.3) is 0 Å². The van der Waals surface area contributed by atoms with Gasteiger partial charge in [0, 0.05) is 114 Å². The van der Waals surface area contributed by atoms with Crippen molar-refractivity contribution >= 4 is 87.1 Å². The maximum atomic E-state index is 12.0. The molecule has 0 bridgehead atoms. The number of carbonyl (C=O) groups is 6. The lowest BCUT2D eigenvalue weighted by atomic mass is 10.0. The number of aliphatic hydroxyl groups excluding tert-OH is 1. The molecular formula is C75H123N9O15P4. The summed E-state index contributed by atoms with van der Waals surface area (Å²) in [6.07, 6.45) is 9.20. The molecular weight excluding hydrogens is 1390 g/mol. The Morgan fingerprint density at radius 3 is 1.05 bits per heavy atom. The fourth-order valence-corrected chi connectivity index (χ4v) is 13.4. The van der Waals surface area contributed by atoms with Gasteiger partial charge in [0.1, 0.15) is 38.0 Å². The molecule has 0 radical (unpaired) electrons. The van der Waals surface area contributed by atoms with Crippen LogP contribution in [0.3, 0.4) is 0 Å². The lowest BCUT2D eigenvalue weighted by Crippen LogP contribution is -2.44. The molecule has 5 rings (SSSR count). The lowest BCUT2D eigenvalue weighted by Gasteiger charge is -2.21. The zero-order chi connectivity index (χ0) is 78.4. The molecule has 0 aliphatic carbocycles. The van der Waals surface area contributed by atoms with E-state index < -0.39 is 64.9 Å². The van der Waals surface area contributed by atoms with Crippen LogP contribution in [0.15, 0.2) is 116 Å². The van der Waals surface area contributed by atoms with Crippen LogP contribution in [0.25, 0.3) is 0 Å². The van der Waals surface area contributed by atoms with Crippen molar-refractivity contribution in [1.82, 2.24) is 20.2 Å². The van der Waals surface area contributed by atoms with Gasteiger partial charge in [-0.3, -0.25) is 9.59 Å². The monoisotopic (exact) mass is 1510 g/mol. The number of imidazole rings is 1. The number of ketones is 2. The molecule has 0 aliphatic heterocycles. The summed E-state index contributed by atoms with van der Waals surface area (Å²) in [5.74, 6) is -1.07. The van der Waals surface area contributed by atoms with Gasteiger partial charge in [0.2, 0.25) is 0 Å². The number of carboxylic acids is 1. The molecule has 0 fully saturated rings. The molecule has 3 atom stereocenters. The zero-order valence-electron chi connectivity index (χ0n) is 65.0. The highest BCUT2D eigenvalue weighted by molar-refractivity contribution is 7.63. The van der Waals surface area contributed by atoms with E-state index in [4.69, 9.17) is 30.2 Å². The third-order valence-electron chi connectivity index (χ3n) is 15.9. The summed E-state index contributed by atoms with van der Waals surface area (Å²) in [4.78, 5) is 81.0. The summed E-state index contributed by atoms with van der Waals surface area (Å²) in [6.45, 7) is 32.3. The van der Waals surface area contributed by atoms with Crippen molar-refractivity contribution in [2.75, 3.05) is 152 Å². The SMILES string of the molecule is CC(=O)C(N)C(C)C.CC(=O)C(NC(=O)OCc1cccc(N(C)CCCP(C)(C)=O)c1)C(C)C.CC(C)C(NC(=O)OCc1cccc(N(C)CCCP(C)(C)=O)c1)C(=O)O.CN(CCCP(C)(C)=O)c1cccc(CO)c1.CN(CCCP(C)(C)=O)c1cccc(COC(=O)n2ccnc2)c1. The number of rotatable bonds is 35. The highest BCUT2D eigenvalue weighted by atomic mass is 31.2. The van der Waals surface area contributed by atoms with Gasteiger partial charge in [-0.25, -0.2) is 28.7 Å². The summed E-state index contributed by atoms with van der Waals surface area (Å²) < 4.78 is 63.9. The van der Waals surface area contributed by atoms with Gasteiger partial charge in [-0.05, 0) is 181 Å². The summed E-state index contributed by atoms with van der Waals surface area (Å²) in [7, 11) is 0.132. The Hall–Kier alpha value is -7.05. The highest BCUT2D eigenvalue weighted by Crippen LogP contribution is 2.39. The molecule has 6 N–H and O–H groups in total. The topological polar surface area (TPSA) is 320 Å². The van der Waals surface area contributed by atoms with Crippen molar-refractivity contribution in [2.24, 2.45) is 23.5 Å². The van der Waals surface area contributed by atoms with Crippen LogP contribution in [0.4, 0.5) is 37.1 Å². The number of hydrogen-bond donors (Lipinski definition) is 5. The Kier molecular flexibility index (Phi) is 43.3. The average Bonchev–Trinajstić information content (AvgIpc) is 1.54. The molecule has 103 heavy (non-hydrogen) atoms. The molecule has 0 aliphatic rings. The minimum Gasteiger partial charge on any atom is -0.480 e. The second kappa shape index (κ2) is 47.4. The van der Waals surface area contributed by atoms with Crippen LogP contribution >= 0.6 is 28.6 Å². The van der Waals surface area contributed by atoms with Gasteiger partial charge in [-0.1, -0.05) is 90.1 Å². The van der Waals surface area contributed by atoms with Crippen LogP contribution in [0, 0.1) is 17.8 Å². The molecule has 1 heterocycles. The Balaban J connectivity index is 0.000000669. The van der Waals surface area contributed by atoms with Crippen molar-refractivity contribution in [2.45, 2.75) is 126 Å². The molecule has 24 nitrogen and oxygen atoms in total. The second-order valence-electron chi connectivity index (χ2n) is 28.9. The number of nitrogens with zero attached hydrogens (tertiary/aromatic N) is 6. The number of amides is 2. The summed E-state index contributed by atoms with van der Waals surface area (Å²) in [5.41, 5.74) is 13.1. The maximum Gasteiger partial charge on any atom is 0.419 e. The first-order valence-corrected chi connectivity index (χ1v) is 45.9. The van der Waals surface area contributed by atoms with E-state index in [-0.39, 0.29) is 61.8 Å². The molecule has 4 aromatic carbocycles. The lowest BCUT2D eigenvalue weighted by molar-refractivity contribution is -0.140. The van der Waals surface area contributed by atoms with E-state index in [1.165, 1.54) is 30.9 Å². The largest absolute Gasteiger partial charge is 0.480 e. The van der Waals surface area contributed by atoms with E-state index in [9.17, 15) is 47.0 Å². The first-order valence-electron chi connectivity index (χ1n) is 34.8. The van der Waals surface area contributed by atoms with E-state index >= 15 is 0 Å². The number of alkyl carbamates (subject to hydrolysis) is 2. The minimum absolute atomic E-state index is 0.00794. The maximum absolute atomic E-state index is 12.0. The number of ether oxygens (including phenoxy) is 3. The Morgan fingerprint density at radius 1 is 0.485 bits per heavy atom. The normalized spacial score (nSPS) is 12.2. The number of anilines is 4. The quantitative estimate of drug-likeness (QED) is 0.0186. The van der Waals surface area contributed by atoms with Gasteiger partial charge in [0.05, 0.1) is 47.3 Å². The number of nitrogens with one attached hydrogen (secondary N) is 2. The predicted molar refractivity (Wildman–Crippen MR) is 424 cm³/mol. The smallest absolute Gasteiger partial charge is 0.419 e. The van der Waals surface area contributed by atoms with Crippen molar-refractivity contribution in [1.29, 1.82) is 0 Å². The van der Waals surface area contributed by atoms with Gasteiger partial charge < -0.3 is 78.7 Å². The van der Waals surface area contributed by atoms with E-state index in [0.29, 0.717) is 6.16 Å². The molecule has 0 spiro atoms. The average molecular weight is 1510 g/mol. The predicted octanol–water partition coefficient (Wildman–Crippen LogP) is 14.1. The first kappa shape index (κ1) is 94.0. The van der Waals surface area contributed by atoms with Crippen LogP contribution in [0.1, 0.15) is 103 Å². The van der Waals surface area contributed by atoms with Crippen molar-refractivity contribution in [3.8, 4) is 0 Å². The molecule has 578 valence electrons. The fraction of sp³-hybridized carbons (Fsp3) is 0.560. The summed E-state index contributed by atoms with van der Waals surface area (Å²) in [6, 6.07) is 29.3. The molecule has 5 aromatic rings. The number of nitrogens with two attached hydrogens (primary N) is 1. The second-order valence-corrected chi connectivity index (χ2v) is 43.2. The number of carbonyl (C=O) groups excluding carboxylic acids is 5. The van der Waals surface area contributed by atoms with E-state index in [1.54, 1.807) is 33.4 Å². The van der Waals surface area contributed by atoms with E-state index in [2.05, 4.69) is 35.2 Å². The number of benzene rings is 4. The van der Waals surface area contributed by atoms with Crippen LogP contribution in [0.5, 0.6) is 0 Å². The molecule has 0 saturated heterocycles. The third kappa shape index (κ3) is 43.7. The Bertz CT molecular complexity index is 3450. The molecule has 0 saturated carbocycles. The molecule has 3 unspecified atom stereocenters. The third-order valence-corrected chi connectivity index (χ3v) is 21.5. The van der Waals surface area contributed by atoms with Crippen LogP contribution < -0.4 is 36.0 Å². The summed E-state index contributed by atoms with van der Waals surface area (Å²) >= 11 is 0. The number of aliphatic carboxylic acids is 1. The summed E-state index contributed by atoms with van der Waals surface area (Å²) in [5, 5.41) is 23.2. The van der Waals surface area contributed by atoms with Gasteiger partial charge in [0.15, 0.2) is 5.78 Å². The number of aliphatic hydroxyl groups is 1. The van der Waals surface area contributed by atoms with E-state index in [1.807, 2.05) is 193 Å². The van der Waals surface area contributed by atoms with E-state index in [0.717, 1.165) is 115 Å². The minimum atomic E-state index is -2.00. The number of hydrogen-bond acceptors (Lipinski definition) is 20. The number of carboxylic acid groups (broad SMARTS) is 1. The van der Waals surface area contributed by atoms with Crippen molar-refractivity contribution in [3.05, 3.63) is 138 Å². The van der Waals surface area contributed by atoms with Gasteiger partial charge >= 0.3 is 24.2 Å². The molecule has 2 amide bonds. The van der Waals surface area contributed by atoms with Gasteiger partial charge in [-0.2, -0.15) is 0 Å². The van der Waals surface area contributed by atoms with Crippen LogP contribution in [-0.4, -0.2) is 206 Å². The Morgan fingerprint density at radius 2 is 0.796 bits per heavy atom. The highest BCUT2D eigenvalue weighted by Gasteiger charge is 2.25. The molecule has 28 heteroatoms. The number of aromatic nitrogens is 2.